The average Bonchev–Trinajstić information content (AvgIpc) is 3.24. The number of sulfonamides is 1. The van der Waals surface area contributed by atoms with E-state index in [0.717, 1.165) is 30.4 Å². The van der Waals surface area contributed by atoms with Crippen LogP contribution in [0.1, 0.15) is 27.2 Å². The van der Waals surface area contributed by atoms with Gasteiger partial charge < -0.3 is 14.5 Å². The van der Waals surface area contributed by atoms with E-state index in [1.807, 2.05) is 6.92 Å². The summed E-state index contributed by atoms with van der Waals surface area (Å²) in [4.78, 5) is 32.4. The molecule has 0 spiro atoms. The molecule has 2 aromatic carbocycles. The molecule has 9 nitrogen and oxygen atoms in total. The Morgan fingerprint density at radius 3 is 2.51 bits per heavy atom. The van der Waals surface area contributed by atoms with Crippen molar-refractivity contribution in [2.24, 2.45) is 0 Å². The van der Waals surface area contributed by atoms with Gasteiger partial charge in [-0.3, -0.25) is 14.5 Å². The van der Waals surface area contributed by atoms with E-state index in [1.165, 1.54) is 11.0 Å². The third-order valence-electron chi connectivity index (χ3n) is 7.24. The van der Waals surface area contributed by atoms with Gasteiger partial charge in [0.15, 0.2) is 0 Å². The Balaban J connectivity index is 1.42. The number of ether oxygens (including phenoxy) is 1. The maximum absolute atomic E-state index is 13.5. The molecule has 4 rings (SSSR count). The highest BCUT2D eigenvalue weighted by molar-refractivity contribution is 7.89. The van der Waals surface area contributed by atoms with Gasteiger partial charge in [0.2, 0.25) is 21.8 Å². The predicted molar refractivity (Wildman–Crippen MR) is 143 cm³/mol. The van der Waals surface area contributed by atoms with Gasteiger partial charge in [0.05, 0.1) is 18.1 Å². The van der Waals surface area contributed by atoms with Crippen molar-refractivity contribution in [3.8, 4) is 0 Å². The summed E-state index contributed by atoms with van der Waals surface area (Å²) in [5.41, 5.74) is -1.10. The fourth-order valence-corrected chi connectivity index (χ4v) is 6.39. The van der Waals surface area contributed by atoms with Gasteiger partial charge in [-0.1, -0.05) is 23.7 Å². The van der Waals surface area contributed by atoms with Crippen molar-refractivity contribution < 1.29 is 22.7 Å². The zero-order valence-corrected chi connectivity index (χ0v) is 23.1. The van der Waals surface area contributed by atoms with Crippen molar-refractivity contribution in [2.45, 2.75) is 43.7 Å². The molecule has 2 amide bonds. The third-order valence-corrected chi connectivity index (χ3v) is 8.95. The summed E-state index contributed by atoms with van der Waals surface area (Å²) in [7, 11) is -3.95. The van der Waals surface area contributed by atoms with E-state index >= 15 is 0 Å². The lowest BCUT2D eigenvalue weighted by molar-refractivity contribution is -0.150. The molecule has 0 radical (unpaired) electrons. The number of nitrogens with one attached hydrogen (secondary N) is 1. The fourth-order valence-electron chi connectivity index (χ4n) is 4.95. The summed E-state index contributed by atoms with van der Waals surface area (Å²) in [5, 5.41) is 2.12. The molecule has 2 saturated heterocycles. The molecule has 2 aliphatic rings. The molecule has 2 aromatic rings. The van der Waals surface area contributed by atoms with Crippen LogP contribution in [-0.4, -0.2) is 99.0 Å². The van der Waals surface area contributed by atoms with Gasteiger partial charge in [-0.05, 0) is 62.2 Å². The number of fused-ring (bicyclic) bond motifs is 1. The number of benzene rings is 2. The molecule has 0 bridgehead atoms. The Morgan fingerprint density at radius 1 is 1.14 bits per heavy atom. The topological polar surface area (TPSA) is 99.3 Å². The number of rotatable bonds is 9. The van der Waals surface area contributed by atoms with Gasteiger partial charge in [-0.25, -0.2) is 8.42 Å². The molecule has 202 valence electrons. The van der Waals surface area contributed by atoms with Crippen LogP contribution in [0.4, 0.5) is 0 Å². The van der Waals surface area contributed by atoms with Gasteiger partial charge in [0, 0.05) is 44.3 Å². The molecule has 2 fully saturated rings. The molecule has 0 aromatic heterocycles. The maximum atomic E-state index is 13.5. The van der Waals surface area contributed by atoms with Crippen molar-refractivity contribution in [3.05, 3.63) is 41.4 Å². The molecule has 0 aliphatic carbocycles. The van der Waals surface area contributed by atoms with Crippen LogP contribution in [0.5, 0.6) is 0 Å². The van der Waals surface area contributed by atoms with E-state index in [9.17, 15) is 18.0 Å². The fraction of sp³-hybridized carbons (Fsp3) is 0.538. The highest BCUT2D eigenvalue weighted by Gasteiger charge is 2.46. The second-order valence-corrected chi connectivity index (χ2v) is 12.2. The number of likely N-dealkylation sites (tertiary alicyclic amines) is 1. The molecule has 0 unspecified atom stereocenters. The summed E-state index contributed by atoms with van der Waals surface area (Å²) in [6.07, 6.45) is 0.290. The second kappa shape index (κ2) is 11.2. The zero-order valence-electron chi connectivity index (χ0n) is 21.6. The van der Waals surface area contributed by atoms with Gasteiger partial charge in [-0.2, -0.15) is 4.72 Å². The normalized spacial score (nSPS) is 19.5. The van der Waals surface area contributed by atoms with Gasteiger partial charge in [-0.15, -0.1) is 0 Å². The Labute approximate surface area is 223 Å². The van der Waals surface area contributed by atoms with Crippen molar-refractivity contribution in [1.29, 1.82) is 0 Å². The first-order valence-electron chi connectivity index (χ1n) is 12.7. The van der Waals surface area contributed by atoms with Crippen LogP contribution in [0.3, 0.4) is 0 Å². The van der Waals surface area contributed by atoms with Crippen molar-refractivity contribution in [3.63, 3.8) is 0 Å². The smallest absolute Gasteiger partial charge is 0.248 e. The first-order valence-corrected chi connectivity index (χ1v) is 14.5. The van der Waals surface area contributed by atoms with E-state index < -0.39 is 27.5 Å². The number of nitrogens with zero attached hydrogens (tertiary/aromatic N) is 3. The largest absolute Gasteiger partial charge is 0.379 e. The van der Waals surface area contributed by atoms with Crippen molar-refractivity contribution >= 4 is 44.2 Å². The lowest BCUT2D eigenvalue weighted by Gasteiger charge is -2.39. The summed E-state index contributed by atoms with van der Waals surface area (Å²) in [6.45, 7) is 10.6. The van der Waals surface area contributed by atoms with Crippen molar-refractivity contribution in [1.82, 2.24) is 19.4 Å². The highest BCUT2D eigenvalue weighted by Crippen LogP contribution is 2.27. The summed E-state index contributed by atoms with van der Waals surface area (Å²) >= 11 is 6.03. The lowest BCUT2D eigenvalue weighted by atomic mass is 10.0. The summed E-state index contributed by atoms with van der Waals surface area (Å²) in [5.74, 6) is -0.535. The van der Waals surface area contributed by atoms with Crippen LogP contribution in [-0.2, 0) is 24.3 Å². The number of halogens is 1. The molecular weight excluding hydrogens is 516 g/mol. The van der Waals surface area contributed by atoms with Crippen LogP contribution in [0.25, 0.3) is 10.8 Å². The van der Waals surface area contributed by atoms with E-state index in [-0.39, 0.29) is 17.2 Å². The van der Waals surface area contributed by atoms with E-state index in [4.69, 9.17) is 16.3 Å². The first kappa shape index (κ1) is 27.8. The average molecular weight is 551 g/mol. The lowest BCUT2D eigenvalue weighted by Crippen LogP contribution is -2.58. The number of morpholine rings is 1. The number of carbonyl (C=O) groups excluding carboxylic acids is 2. The van der Waals surface area contributed by atoms with Crippen LogP contribution >= 0.6 is 11.6 Å². The number of amides is 2. The van der Waals surface area contributed by atoms with Crippen LogP contribution in [0.2, 0.25) is 5.02 Å². The van der Waals surface area contributed by atoms with Gasteiger partial charge >= 0.3 is 0 Å². The SMILES string of the molecule is CCN(CCN1CCOCC1)C(=O)C(C)(C)N1CC[C@H](NS(=O)(=O)c2ccc3cc(Cl)ccc3c2)C1=O. The minimum absolute atomic E-state index is 0.0733. The number of carbonyl (C=O) groups is 2. The maximum Gasteiger partial charge on any atom is 0.248 e. The standard InChI is InChI=1S/C26H35ClN4O5S/c1-4-30(12-11-29-13-15-36-16-14-29)25(33)26(2,3)31-10-9-23(24(31)32)28-37(34,35)22-8-6-19-17-21(27)7-5-20(19)18-22/h5-8,17-18,23,28H,4,9-16H2,1-3H3/t23-/m0/s1. The molecule has 0 saturated carbocycles. The number of likely N-dealkylation sites (N-methyl/N-ethyl adjacent to an activating group) is 1. The first-order chi connectivity index (χ1) is 17.5. The minimum Gasteiger partial charge on any atom is -0.379 e. The molecule has 2 aliphatic heterocycles. The minimum atomic E-state index is -3.95. The van der Waals surface area contributed by atoms with E-state index in [0.29, 0.717) is 37.9 Å². The quantitative estimate of drug-likeness (QED) is 0.514. The predicted octanol–water partition coefficient (Wildman–Crippen LogP) is 2.33. The monoisotopic (exact) mass is 550 g/mol. The van der Waals surface area contributed by atoms with Crippen LogP contribution in [0.15, 0.2) is 41.3 Å². The second-order valence-electron chi connectivity index (χ2n) is 10.0. The summed E-state index contributed by atoms with van der Waals surface area (Å²) in [6, 6.07) is 9.04. The number of hydrogen-bond donors (Lipinski definition) is 1. The van der Waals surface area contributed by atoms with E-state index in [2.05, 4.69) is 9.62 Å². The van der Waals surface area contributed by atoms with Gasteiger partial charge in [0.1, 0.15) is 11.6 Å². The Kier molecular flexibility index (Phi) is 8.45. The molecule has 1 atom stereocenters. The number of hydrogen-bond acceptors (Lipinski definition) is 6. The Hall–Kier alpha value is -2.24. The Morgan fingerprint density at radius 2 is 1.81 bits per heavy atom. The third kappa shape index (κ3) is 6.09. The van der Waals surface area contributed by atoms with E-state index in [1.54, 1.807) is 49.1 Å². The summed E-state index contributed by atoms with van der Waals surface area (Å²) < 4.78 is 34.2. The van der Waals surface area contributed by atoms with Crippen LogP contribution < -0.4 is 4.72 Å². The van der Waals surface area contributed by atoms with Crippen LogP contribution in [0, 0.1) is 0 Å². The Bertz CT molecular complexity index is 1260. The molecule has 11 heteroatoms. The molecule has 2 heterocycles. The zero-order chi connectivity index (χ0) is 26.8. The highest BCUT2D eigenvalue weighted by atomic mass is 35.5. The molecule has 1 N–H and O–H groups in total. The molecule has 37 heavy (non-hydrogen) atoms. The van der Waals surface area contributed by atoms with Crippen molar-refractivity contribution in [2.75, 3.05) is 52.5 Å². The van der Waals surface area contributed by atoms with Gasteiger partial charge in [0.25, 0.3) is 0 Å². The molecular formula is C26H35ClN4O5S.